The molecule has 0 spiro atoms. The molecule has 1 aromatic carbocycles. The lowest BCUT2D eigenvalue weighted by Crippen LogP contribution is -1.99. The molecule has 0 aliphatic rings. The Kier molecular flexibility index (Phi) is 6.26. The summed E-state index contributed by atoms with van der Waals surface area (Å²) >= 11 is 3.23. The molecular formula is C19H20N4S2. The highest BCUT2D eigenvalue weighted by Crippen LogP contribution is 2.30. The SMILES string of the molecule is CCCCc1ccc(-n2c(SCCC#N)nnc2-c2cccs2)cc1. The maximum atomic E-state index is 8.78. The van der Waals surface area contributed by atoms with Crippen LogP contribution in [0.4, 0.5) is 0 Å². The van der Waals surface area contributed by atoms with Gasteiger partial charge in [0.2, 0.25) is 0 Å². The topological polar surface area (TPSA) is 54.5 Å². The minimum atomic E-state index is 0.502. The molecule has 3 aromatic rings. The van der Waals surface area contributed by atoms with E-state index in [1.54, 1.807) is 23.1 Å². The molecule has 0 unspecified atom stereocenters. The van der Waals surface area contributed by atoms with Gasteiger partial charge in [-0.2, -0.15) is 5.26 Å². The molecule has 128 valence electrons. The van der Waals surface area contributed by atoms with Crippen LogP contribution in [0.15, 0.2) is 46.9 Å². The molecule has 4 nitrogen and oxygen atoms in total. The summed E-state index contributed by atoms with van der Waals surface area (Å²) in [6.45, 7) is 2.21. The second kappa shape index (κ2) is 8.84. The average molecular weight is 369 g/mol. The normalized spacial score (nSPS) is 10.7. The van der Waals surface area contributed by atoms with E-state index in [0.29, 0.717) is 12.2 Å². The number of hydrogen-bond acceptors (Lipinski definition) is 5. The van der Waals surface area contributed by atoms with Crippen LogP contribution >= 0.6 is 23.1 Å². The molecule has 6 heteroatoms. The summed E-state index contributed by atoms with van der Waals surface area (Å²) in [5, 5.41) is 20.4. The number of aromatic nitrogens is 3. The minimum absolute atomic E-state index is 0.502. The summed E-state index contributed by atoms with van der Waals surface area (Å²) in [4.78, 5) is 1.09. The summed E-state index contributed by atoms with van der Waals surface area (Å²) < 4.78 is 2.09. The maximum absolute atomic E-state index is 8.78. The summed E-state index contributed by atoms with van der Waals surface area (Å²) in [6.07, 6.45) is 4.03. The van der Waals surface area contributed by atoms with Crippen molar-refractivity contribution in [1.29, 1.82) is 5.26 Å². The lowest BCUT2D eigenvalue weighted by Gasteiger charge is -2.10. The van der Waals surface area contributed by atoms with Crippen molar-refractivity contribution in [3.05, 3.63) is 47.3 Å². The van der Waals surface area contributed by atoms with Crippen molar-refractivity contribution in [2.45, 2.75) is 37.8 Å². The fraction of sp³-hybridized carbons (Fsp3) is 0.316. The molecule has 0 N–H and O–H groups in total. The van der Waals surface area contributed by atoms with Crippen molar-refractivity contribution in [1.82, 2.24) is 14.8 Å². The van der Waals surface area contributed by atoms with E-state index in [0.717, 1.165) is 28.0 Å². The van der Waals surface area contributed by atoms with Crippen molar-refractivity contribution in [2.24, 2.45) is 0 Å². The first-order chi connectivity index (χ1) is 12.3. The standard InChI is InChI=1S/C19H20N4S2/c1-2-3-6-15-8-10-16(11-9-15)23-18(17-7-4-13-24-17)21-22-19(23)25-14-5-12-20/h4,7-11,13H,2-3,5-6,14H2,1H3. The average Bonchev–Trinajstić information content (AvgIpc) is 3.30. The van der Waals surface area contributed by atoms with Crippen LogP contribution in [-0.4, -0.2) is 20.5 Å². The number of rotatable bonds is 8. The molecular weight excluding hydrogens is 348 g/mol. The predicted molar refractivity (Wildman–Crippen MR) is 104 cm³/mol. The fourth-order valence-corrected chi connectivity index (χ4v) is 4.04. The number of hydrogen-bond donors (Lipinski definition) is 0. The summed E-state index contributed by atoms with van der Waals surface area (Å²) in [6, 6.07) is 14.9. The zero-order valence-corrected chi connectivity index (χ0v) is 15.8. The third kappa shape index (κ3) is 4.30. The van der Waals surface area contributed by atoms with Gasteiger partial charge >= 0.3 is 0 Å². The largest absolute Gasteiger partial charge is 0.269 e. The second-order valence-electron chi connectivity index (χ2n) is 5.65. The molecule has 0 atom stereocenters. The first-order valence-electron chi connectivity index (χ1n) is 8.42. The molecule has 0 bridgehead atoms. The van der Waals surface area contributed by atoms with Gasteiger partial charge in [-0.05, 0) is 42.0 Å². The van der Waals surface area contributed by atoms with Gasteiger partial charge in [0, 0.05) is 17.9 Å². The zero-order valence-electron chi connectivity index (χ0n) is 14.2. The molecule has 3 rings (SSSR count). The van der Waals surface area contributed by atoms with Crippen molar-refractivity contribution in [3.8, 4) is 22.5 Å². The van der Waals surface area contributed by atoms with E-state index in [1.807, 2.05) is 11.4 Å². The Bertz CT molecular complexity index is 829. The lowest BCUT2D eigenvalue weighted by molar-refractivity contribution is 0.794. The number of thioether (sulfide) groups is 1. The molecule has 0 aliphatic heterocycles. The summed E-state index contributed by atoms with van der Waals surface area (Å²) in [5.74, 6) is 1.57. The summed E-state index contributed by atoms with van der Waals surface area (Å²) in [7, 11) is 0. The molecule has 2 heterocycles. The Morgan fingerprint density at radius 1 is 1.20 bits per heavy atom. The van der Waals surface area contributed by atoms with Gasteiger partial charge in [0.15, 0.2) is 11.0 Å². The van der Waals surface area contributed by atoms with Gasteiger partial charge in [0.1, 0.15) is 0 Å². The Morgan fingerprint density at radius 3 is 2.72 bits per heavy atom. The van der Waals surface area contributed by atoms with E-state index in [-0.39, 0.29) is 0 Å². The Balaban J connectivity index is 1.94. The van der Waals surface area contributed by atoms with Crippen molar-refractivity contribution in [3.63, 3.8) is 0 Å². The van der Waals surface area contributed by atoms with Crippen LogP contribution in [0.2, 0.25) is 0 Å². The van der Waals surface area contributed by atoms with E-state index in [2.05, 4.69) is 58.1 Å². The van der Waals surface area contributed by atoms with E-state index in [1.165, 1.54) is 18.4 Å². The van der Waals surface area contributed by atoms with E-state index in [9.17, 15) is 0 Å². The van der Waals surface area contributed by atoms with Crippen molar-refractivity contribution in [2.75, 3.05) is 5.75 Å². The minimum Gasteiger partial charge on any atom is -0.269 e. The molecule has 0 fully saturated rings. The van der Waals surface area contributed by atoms with Gasteiger partial charge in [-0.1, -0.05) is 43.3 Å². The number of benzene rings is 1. The molecule has 25 heavy (non-hydrogen) atoms. The lowest BCUT2D eigenvalue weighted by atomic mass is 10.1. The van der Waals surface area contributed by atoms with Crippen molar-refractivity contribution >= 4 is 23.1 Å². The third-order valence-corrected chi connectivity index (χ3v) is 5.63. The van der Waals surface area contributed by atoms with Gasteiger partial charge < -0.3 is 0 Å². The van der Waals surface area contributed by atoms with Crippen LogP contribution in [-0.2, 0) is 6.42 Å². The van der Waals surface area contributed by atoms with E-state index in [4.69, 9.17) is 5.26 Å². The zero-order chi connectivity index (χ0) is 17.5. The molecule has 0 radical (unpaired) electrons. The highest BCUT2D eigenvalue weighted by molar-refractivity contribution is 7.99. The predicted octanol–water partition coefficient (Wildman–Crippen LogP) is 5.34. The number of nitrogens with zero attached hydrogens (tertiary/aromatic N) is 4. The maximum Gasteiger partial charge on any atom is 0.196 e. The van der Waals surface area contributed by atoms with Gasteiger partial charge in [-0.15, -0.1) is 21.5 Å². The first kappa shape index (κ1) is 17.7. The second-order valence-corrected chi connectivity index (χ2v) is 7.66. The number of thiophene rings is 1. The molecule has 0 amide bonds. The van der Waals surface area contributed by atoms with Gasteiger partial charge in [0.25, 0.3) is 0 Å². The highest BCUT2D eigenvalue weighted by Gasteiger charge is 2.16. The highest BCUT2D eigenvalue weighted by atomic mass is 32.2. The van der Waals surface area contributed by atoms with Crippen molar-refractivity contribution < 1.29 is 0 Å². The third-order valence-electron chi connectivity index (χ3n) is 3.83. The van der Waals surface area contributed by atoms with E-state index < -0.39 is 0 Å². The van der Waals surface area contributed by atoms with Gasteiger partial charge in [-0.25, -0.2) is 0 Å². The fourth-order valence-electron chi connectivity index (χ4n) is 2.54. The molecule has 0 saturated heterocycles. The smallest absolute Gasteiger partial charge is 0.196 e. The Morgan fingerprint density at radius 2 is 2.04 bits per heavy atom. The summed E-state index contributed by atoms with van der Waals surface area (Å²) in [5.41, 5.74) is 2.42. The Hall–Kier alpha value is -2.10. The van der Waals surface area contributed by atoms with Crippen LogP contribution in [0.1, 0.15) is 31.7 Å². The van der Waals surface area contributed by atoms with E-state index >= 15 is 0 Å². The number of nitriles is 1. The Labute approximate surface area is 156 Å². The van der Waals surface area contributed by atoms with Gasteiger partial charge in [-0.3, -0.25) is 4.57 Å². The van der Waals surface area contributed by atoms with Crippen LogP contribution in [0.3, 0.4) is 0 Å². The monoisotopic (exact) mass is 368 g/mol. The van der Waals surface area contributed by atoms with Gasteiger partial charge in [0.05, 0.1) is 10.9 Å². The quantitative estimate of drug-likeness (QED) is 0.397. The number of aryl methyl sites for hydroxylation is 1. The van der Waals surface area contributed by atoms with Crippen LogP contribution in [0.5, 0.6) is 0 Å². The molecule has 2 aromatic heterocycles. The first-order valence-corrected chi connectivity index (χ1v) is 10.3. The van der Waals surface area contributed by atoms with Crippen LogP contribution in [0.25, 0.3) is 16.4 Å². The van der Waals surface area contributed by atoms with Crippen LogP contribution in [0, 0.1) is 11.3 Å². The molecule has 0 saturated carbocycles. The van der Waals surface area contributed by atoms with Crippen LogP contribution < -0.4 is 0 Å². The molecule has 0 aliphatic carbocycles. The number of unbranched alkanes of at least 4 members (excludes halogenated alkanes) is 1.